The molecule has 0 aliphatic heterocycles. The second-order valence-corrected chi connectivity index (χ2v) is 7.13. The fraction of sp³-hybridized carbons (Fsp3) is 0.400. The maximum Gasteiger partial charge on any atom is 0.241 e. The molecule has 0 radical (unpaired) electrons. The molecule has 96 valence electrons. The van der Waals surface area contributed by atoms with Gasteiger partial charge in [-0.1, -0.05) is 43.5 Å². The van der Waals surface area contributed by atoms with Gasteiger partial charge in [0.1, 0.15) is 0 Å². The third kappa shape index (κ3) is 4.21. The van der Waals surface area contributed by atoms with Crippen molar-refractivity contribution in [3.8, 4) is 0 Å². The minimum absolute atomic E-state index is 0.204. The molecule has 17 heavy (non-hydrogen) atoms. The molecule has 0 aliphatic rings. The molecule has 0 unspecified atom stereocenters. The summed E-state index contributed by atoms with van der Waals surface area (Å²) < 4.78 is 26.8. The van der Waals surface area contributed by atoms with E-state index in [1.807, 2.05) is 6.92 Å². The van der Waals surface area contributed by atoms with Crippen LogP contribution in [0.2, 0.25) is 5.02 Å². The number of halogens is 3. The summed E-state index contributed by atoms with van der Waals surface area (Å²) >= 11 is 12.3. The topological polar surface area (TPSA) is 46.2 Å². The van der Waals surface area contributed by atoms with Crippen molar-refractivity contribution in [2.24, 2.45) is 0 Å². The van der Waals surface area contributed by atoms with E-state index in [4.69, 9.17) is 11.6 Å². The molecule has 0 bridgehead atoms. The van der Waals surface area contributed by atoms with Crippen LogP contribution in [0.1, 0.15) is 6.92 Å². The first-order valence-electron chi connectivity index (χ1n) is 4.74. The zero-order valence-electron chi connectivity index (χ0n) is 9.08. The molecule has 1 N–H and O–H groups in total. The SMILES string of the molecule is CC(CBr)(CBr)NS(=O)(=O)c1ccc(Cl)cc1. The molecule has 0 amide bonds. The van der Waals surface area contributed by atoms with Gasteiger partial charge in [0.25, 0.3) is 0 Å². The molecule has 0 saturated carbocycles. The molecule has 0 fully saturated rings. The number of nitrogens with one attached hydrogen (secondary N) is 1. The summed E-state index contributed by atoms with van der Waals surface area (Å²) in [6.45, 7) is 1.81. The Kier molecular flexibility index (Phi) is 5.46. The van der Waals surface area contributed by atoms with E-state index in [2.05, 4.69) is 36.6 Å². The van der Waals surface area contributed by atoms with E-state index in [1.54, 1.807) is 12.1 Å². The van der Waals surface area contributed by atoms with Gasteiger partial charge in [-0.2, -0.15) is 0 Å². The van der Waals surface area contributed by atoms with Crippen LogP contribution in [0.4, 0.5) is 0 Å². The molecule has 1 aromatic rings. The molecular formula is C10H12Br2ClNO2S. The largest absolute Gasteiger partial charge is 0.241 e. The van der Waals surface area contributed by atoms with Gasteiger partial charge in [0.05, 0.1) is 4.90 Å². The first-order chi connectivity index (χ1) is 7.83. The summed E-state index contributed by atoms with van der Waals surface area (Å²) in [7, 11) is -3.53. The standard InChI is InChI=1S/C10H12Br2ClNO2S/c1-10(6-11,7-12)14-17(15,16)9-4-2-8(13)3-5-9/h2-5,14H,6-7H2,1H3. The third-order valence-corrected chi connectivity index (χ3v) is 6.48. The molecule has 0 heterocycles. The first-order valence-corrected chi connectivity index (χ1v) is 8.85. The molecule has 1 aromatic carbocycles. The highest BCUT2D eigenvalue weighted by molar-refractivity contribution is 9.09. The number of rotatable bonds is 5. The van der Waals surface area contributed by atoms with Crippen molar-refractivity contribution in [1.82, 2.24) is 4.72 Å². The van der Waals surface area contributed by atoms with Gasteiger partial charge < -0.3 is 0 Å². The number of benzene rings is 1. The lowest BCUT2D eigenvalue weighted by atomic mass is 10.1. The molecule has 7 heteroatoms. The van der Waals surface area contributed by atoms with Gasteiger partial charge in [0, 0.05) is 21.2 Å². The molecule has 0 atom stereocenters. The Morgan fingerprint density at radius 2 is 1.71 bits per heavy atom. The van der Waals surface area contributed by atoms with E-state index in [0.29, 0.717) is 15.7 Å². The van der Waals surface area contributed by atoms with Crippen LogP contribution >= 0.6 is 43.5 Å². The Morgan fingerprint density at radius 3 is 2.12 bits per heavy atom. The monoisotopic (exact) mass is 403 g/mol. The maximum absolute atomic E-state index is 12.1. The van der Waals surface area contributed by atoms with E-state index in [9.17, 15) is 8.42 Å². The van der Waals surface area contributed by atoms with Gasteiger partial charge >= 0.3 is 0 Å². The molecule has 0 aromatic heterocycles. The molecule has 1 rings (SSSR count). The number of alkyl halides is 2. The van der Waals surface area contributed by atoms with Crippen molar-refractivity contribution in [1.29, 1.82) is 0 Å². The number of hydrogen-bond donors (Lipinski definition) is 1. The second kappa shape index (κ2) is 6.02. The van der Waals surface area contributed by atoms with Crippen LogP contribution in [0.5, 0.6) is 0 Å². The normalized spacial score (nSPS) is 12.7. The average Bonchev–Trinajstić information content (AvgIpc) is 2.29. The first kappa shape index (κ1) is 15.4. The van der Waals surface area contributed by atoms with Crippen molar-refractivity contribution in [2.75, 3.05) is 10.7 Å². The molecule has 0 spiro atoms. The smallest absolute Gasteiger partial charge is 0.207 e. The Bertz CT molecular complexity index is 472. The Hall–Kier alpha value is 0.380. The van der Waals surface area contributed by atoms with E-state index < -0.39 is 15.6 Å². The van der Waals surface area contributed by atoms with Crippen LogP contribution in [-0.2, 0) is 10.0 Å². The zero-order chi connectivity index (χ0) is 13.1. The fourth-order valence-electron chi connectivity index (χ4n) is 1.09. The van der Waals surface area contributed by atoms with Crippen molar-refractivity contribution in [2.45, 2.75) is 17.4 Å². The highest BCUT2D eigenvalue weighted by Crippen LogP contribution is 2.18. The summed E-state index contributed by atoms with van der Waals surface area (Å²) in [5, 5.41) is 1.53. The molecule has 3 nitrogen and oxygen atoms in total. The van der Waals surface area contributed by atoms with E-state index in [1.165, 1.54) is 12.1 Å². The van der Waals surface area contributed by atoms with E-state index >= 15 is 0 Å². The average molecular weight is 406 g/mol. The van der Waals surface area contributed by atoms with Gasteiger partial charge in [0.2, 0.25) is 10.0 Å². The lowest BCUT2D eigenvalue weighted by Crippen LogP contribution is -2.48. The van der Waals surface area contributed by atoms with Gasteiger partial charge in [0.15, 0.2) is 0 Å². The molecule has 0 aliphatic carbocycles. The van der Waals surface area contributed by atoms with Gasteiger partial charge in [-0.15, -0.1) is 0 Å². The minimum Gasteiger partial charge on any atom is -0.207 e. The van der Waals surface area contributed by atoms with Crippen molar-refractivity contribution < 1.29 is 8.42 Å². The Labute approximate surface area is 123 Å². The van der Waals surface area contributed by atoms with E-state index in [-0.39, 0.29) is 4.90 Å². The quantitative estimate of drug-likeness (QED) is 0.765. The lowest BCUT2D eigenvalue weighted by Gasteiger charge is -2.25. The molecular weight excluding hydrogens is 393 g/mol. The predicted molar refractivity (Wildman–Crippen MR) is 77.8 cm³/mol. The van der Waals surface area contributed by atoms with Crippen molar-refractivity contribution >= 4 is 53.5 Å². The minimum atomic E-state index is -3.53. The van der Waals surface area contributed by atoms with Crippen molar-refractivity contribution in [3.05, 3.63) is 29.3 Å². The van der Waals surface area contributed by atoms with Gasteiger partial charge in [-0.05, 0) is 31.2 Å². The maximum atomic E-state index is 12.1. The van der Waals surface area contributed by atoms with Crippen LogP contribution in [0.3, 0.4) is 0 Å². The summed E-state index contributed by atoms with van der Waals surface area (Å²) in [5.74, 6) is 0. The second-order valence-electron chi connectivity index (χ2n) is 3.89. The van der Waals surface area contributed by atoms with Gasteiger partial charge in [-0.3, -0.25) is 0 Å². The summed E-state index contributed by atoms with van der Waals surface area (Å²) in [4.78, 5) is 0.204. The van der Waals surface area contributed by atoms with Gasteiger partial charge in [-0.25, -0.2) is 13.1 Å². The fourth-order valence-corrected chi connectivity index (χ4v) is 4.20. The predicted octanol–water partition coefficient (Wildman–Crippen LogP) is 3.17. The van der Waals surface area contributed by atoms with Crippen LogP contribution in [-0.4, -0.2) is 24.6 Å². The Balaban J connectivity index is 3.00. The Morgan fingerprint density at radius 1 is 1.24 bits per heavy atom. The lowest BCUT2D eigenvalue weighted by molar-refractivity contribution is 0.509. The number of hydrogen-bond acceptors (Lipinski definition) is 2. The highest BCUT2D eigenvalue weighted by atomic mass is 79.9. The molecule has 0 saturated heterocycles. The van der Waals surface area contributed by atoms with Crippen LogP contribution in [0.15, 0.2) is 29.2 Å². The third-order valence-electron chi connectivity index (χ3n) is 2.09. The summed E-state index contributed by atoms with van der Waals surface area (Å²) in [5.41, 5.74) is -0.571. The number of sulfonamides is 1. The zero-order valence-corrected chi connectivity index (χ0v) is 13.8. The van der Waals surface area contributed by atoms with Crippen molar-refractivity contribution in [3.63, 3.8) is 0 Å². The van der Waals surface area contributed by atoms with Crippen LogP contribution in [0, 0.1) is 0 Å². The van der Waals surface area contributed by atoms with E-state index in [0.717, 1.165) is 0 Å². The highest BCUT2D eigenvalue weighted by Gasteiger charge is 2.28. The van der Waals surface area contributed by atoms with Crippen LogP contribution < -0.4 is 4.72 Å². The summed E-state index contributed by atoms with van der Waals surface area (Å²) in [6.07, 6.45) is 0. The summed E-state index contributed by atoms with van der Waals surface area (Å²) in [6, 6.07) is 6.06. The van der Waals surface area contributed by atoms with Crippen LogP contribution in [0.25, 0.3) is 0 Å².